The smallest absolute Gasteiger partial charge is 0.227 e. The molecule has 1 aromatic carbocycles. The van der Waals surface area contributed by atoms with Gasteiger partial charge in [-0.25, -0.2) is 0 Å². The van der Waals surface area contributed by atoms with Gasteiger partial charge in [0, 0.05) is 19.6 Å². The first-order valence-corrected chi connectivity index (χ1v) is 7.26. The number of benzene rings is 1. The number of hydrogen-bond donors (Lipinski definition) is 0. The lowest BCUT2D eigenvalue weighted by Crippen LogP contribution is -2.39. The highest BCUT2D eigenvalue weighted by atomic mass is 16.5. The predicted molar refractivity (Wildman–Crippen MR) is 77.3 cm³/mol. The van der Waals surface area contributed by atoms with Crippen molar-refractivity contribution >= 4 is 5.91 Å². The van der Waals surface area contributed by atoms with Crippen LogP contribution in [-0.2, 0) is 20.7 Å². The monoisotopic (exact) mass is 291 g/mol. The largest absolute Gasteiger partial charge is 0.497 e. The molecule has 2 aliphatic rings. The molecule has 21 heavy (non-hydrogen) atoms. The molecule has 5 heteroatoms. The van der Waals surface area contributed by atoms with Gasteiger partial charge < -0.3 is 19.1 Å². The van der Waals surface area contributed by atoms with Gasteiger partial charge in [0.25, 0.3) is 0 Å². The van der Waals surface area contributed by atoms with E-state index in [9.17, 15) is 4.79 Å². The summed E-state index contributed by atoms with van der Waals surface area (Å²) in [5.41, 5.74) is 0.997. The molecule has 0 bridgehead atoms. The summed E-state index contributed by atoms with van der Waals surface area (Å²) in [5, 5.41) is 0. The summed E-state index contributed by atoms with van der Waals surface area (Å²) in [4.78, 5) is 14.5. The number of likely N-dealkylation sites (tertiary alicyclic amines) is 1. The number of amides is 1. The fourth-order valence-electron chi connectivity index (χ4n) is 3.26. The zero-order valence-electron chi connectivity index (χ0n) is 12.5. The Kier molecular flexibility index (Phi) is 4.12. The van der Waals surface area contributed by atoms with E-state index in [1.807, 2.05) is 29.2 Å². The van der Waals surface area contributed by atoms with Crippen molar-refractivity contribution in [2.75, 3.05) is 34.0 Å². The first-order chi connectivity index (χ1) is 10.2. The number of methoxy groups -OCH3 is 2. The minimum Gasteiger partial charge on any atom is -0.497 e. The minimum absolute atomic E-state index is 0.0947. The van der Waals surface area contributed by atoms with Gasteiger partial charge in [0.15, 0.2) is 0 Å². The van der Waals surface area contributed by atoms with Crippen molar-refractivity contribution in [3.63, 3.8) is 0 Å². The Balaban J connectivity index is 1.67. The van der Waals surface area contributed by atoms with Crippen LogP contribution in [0.4, 0.5) is 0 Å². The summed E-state index contributed by atoms with van der Waals surface area (Å²) in [6.07, 6.45) is 0.501. The summed E-state index contributed by atoms with van der Waals surface area (Å²) in [6.45, 7) is 1.98. The second-order valence-electron chi connectivity index (χ2n) is 5.61. The van der Waals surface area contributed by atoms with E-state index in [0.29, 0.717) is 32.1 Å². The van der Waals surface area contributed by atoms with Gasteiger partial charge >= 0.3 is 0 Å². The number of fused-ring (bicyclic) bond motifs is 1. The third-order valence-electron chi connectivity index (χ3n) is 4.49. The maximum Gasteiger partial charge on any atom is 0.227 e. The molecule has 2 fully saturated rings. The van der Waals surface area contributed by atoms with Gasteiger partial charge in [0.2, 0.25) is 5.91 Å². The second kappa shape index (κ2) is 6.03. The number of hydrogen-bond acceptors (Lipinski definition) is 4. The summed E-state index contributed by atoms with van der Waals surface area (Å²) in [6, 6.07) is 7.80. The lowest BCUT2D eigenvalue weighted by Gasteiger charge is -2.22. The molecule has 5 nitrogen and oxygen atoms in total. The summed E-state index contributed by atoms with van der Waals surface area (Å²) in [5.74, 6) is 1.26. The third-order valence-corrected chi connectivity index (χ3v) is 4.49. The van der Waals surface area contributed by atoms with Crippen LogP contribution < -0.4 is 4.74 Å². The van der Waals surface area contributed by atoms with Gasteiger partial charge in [-0.2, -0.15) is 0 Å². The molecule has 0 saturated carbocycles. The molecule has 0 spiro atoms. The van der Waals surface area contributed by atoms with Crippen molar-refractivity contribution in [2.45, 2.75) is 18.6 Å². The van der Waals surface area contributed by atoms with Crippen LogP contribution in [0.25, 0.3) is 0 Å². The van der Waals surface area contributed by atoms with E-state index in [4.69, 9.17) is 14.2 Å². The van der Waals surface area contributed by atoms with E-state index in [-0.39, 0.29) is 18.1 Å². The predicted octanol–water partition coefficient (Wildman–Crippen LogP) is 1.11. The van der Waals surface area contributed by atoms with Crippen LogP contribution in [0.3, 0.4) is 0 Å². The van der Waals surface area contributed by atoms with Crippen LogP contribution in [0.5, 0.6) is 5.75 Å². The SMILES string of the molecule is COc1ccc(CC(=O)N2C[C@@H](OC)[C@@H]3COC[C@@H]32)cc1. The lowest BCUT2D eigenvalue weighted by molar-refractivity contribution is -0.132. The minimum atomic E-state index is 0.0947. The Bertz CT molecular complexity index is 502. The quantitative estimate of drug-likeness (QED) is 0.834. The molecule has 3 rings (SSSR count). The van der Waals surface area contributed by atoms with Gasteiger partial charge in [0.1, 0.15) is 5.75 Å². The number of nitrogens with zero attached hydrogens (tertiary/aromatic N) is 1. The summed E-state index contributed by atoms with van der Waals surface area (Å²) < 4.78 is 16.1. The number of carbonyl (C=O) groups is 1. The van der Waals surface area contributed by atoms with Crippen molar-refractivity contribution in [3.05, 3.63) is 29.8 Å². The molecule has 2 saturated heterocycles. The molecule has 0 aromatic heterocycles. The first-order valence-electron chi connectivity index (χ1n) is 7.26. The van der Waals surface area contributed by atoms with Crippen molar-refractivity contribution in [1.82, 2.24) is 4.90 Å². The average Bonchev–Trinajstić information content (AvgIpc) is 3.09. The second-order valence-corrected chi connectivity index (χ2v) is 5.61. The highest BCUT2D eigenvalue weighted by Gasteiger charge is 2.47. The topological polar surface area (TPSA) is 48.0 Å². The third kappa shape index (κ3) is 2.76. The Morgan fingerprint density at radius 3 is 2.71 bits per heavy atom. The molecule has 0 radical (unpaired) electrons. The Morgan fingerprint density at radius 2 is 2.05 bits per heavy atom. The van der Waals surface area contributed by atoms with E-state index < -0.39 is 0 Å². The van der Waals surface area contributed by atoms with Crippen molar-refractivity contribution < 1.29 is 19.0 Å². The molecule has 3 atom stereocenters. The van der Waals surface area contributed by atoms with E-state index >= 15 is 0 Å². The molecule has 0 N–H and O–H groups in total. The maximum absolute atomic E-state index is 12.6. The van der Waals surface area contributed by atoms with E-state index in [1.165, 1.54) is 0 Å². The molecule has 1 aromatic rings. The molecule has 1 amide bonds. The molecule has 2 heterocycles. The van der Waals surface area contributed by atoms with Crippen molar-refractivity contribution in [1.29, 1.82) is 0 Å². The molecule has 0 aliphatic carbocycles. The van der Waals surface area contributed by atoms with Crippen LogP contribution >= 0.6 is 0 Å². The molecule has 0 unspecified atom stereocenters. The van der Waals surface area contributed by atoms with Crippen LogP contribution in [0.2, 0.25) is 0 Å². The zero-order valence-corrected chi connectivity index (χ0v) is 12.5. The van der Waals surface area contributed by atoms with Gasteiger partial charge in [-0.05, 0) is 17.7 Å². The molecular formula is C16H21NO4. The Hall–Kier alpha value is -1.59. The zero-order chi connectivity index (χ0) is 14.8. The Labute approximate surface area is 124 Å². The van der Waals surface area contributed by atoms with E-state index in [0.717, 1.165) is 11.3 Å². The van der Waals surface area contributed by atoms with Gasteiger partial charge in [-0.15, -0.1) is 0 Å². The number of carbonyl (C=O) groups excluding carboxylic acids is 1. The standard InChI is InChI=1S/C16H21NO4/c1-19-12-5-3-11(4-6-12)7-16(18)17-8-15(20-2)13-9-21-10-14(13)17/h3-6,13-15H,7-10H2,1-2H3/t13-,14+,15-/m1/s1. The van der Waals surface area contributed by atoms with Crippen molar-refractivity contribution in [2.24, 2.45) is 5.92 Å². The van der Waals surface area contributed by atoms with Crippen LogP contribution in [-0.4, -0.2) is 56.9 Å². The number of ether oxygens (including phenoxy) is 3. The van der Waals surface area contributed by atoms with Gasteiger partial charge in [0.05, 0.1) is 38.9 Å². The average molecular weight is 291 g/mol. The molecule has 2 aliphatic heterocycles. The van der Waals surface area contributed by atoms with Crippen molar-refractivity contribution in [3.8, 4) is 5.75 Å². The van der Waals surface area contributed by atoms with Gasteiger partial charge in [-0.3, -0.25) is 4.79 Å². The van der Waals surface area contributed by atoms with Crippen LogP contribution in [0.1, 0.15) is 5.56 Å². The maximum atomic E-state index is 12.6. The fourth-order valence-corrected chi connectivity index (χ4v) is 3.26. The molecular weight excluding hydrogens is 270 g/mol. The normalized spacial score (nSPS) is 27.7. The fraction of sp³-hybridized carbons (Fsp3) is 0.562. The number of rotatable bonds is 4. The highest BCUT2D eigenvalue weighted by molar-refractivity contribution is 5.79. The Morgan fingerprint density at radius 1 is 1.29 bits per heavy atom. The van der Waals surface area contributed by atoms with E-state index in [2.05, 4.69) is 0 Å². The van der Waals surface area contributed by atoms with Gasteiger partial charge in [-0.1, -0.05) is 12.1 Å². The summed E-state index contributed by atoms with van der Waals surface area (Å²) >= 11 is 0. The summed E-state index contributed by atoms with van der Waals surface area (Å²) in [7, 11) is 3.34. The first kappa shape index (κ1) is 14.4. The van der Waals surface area contributed by atoms with Crippen LogP contribution in [0.15, 0.2) is 24.3 Å². The lowest BCUT2D eigenvalue weighted by atomic mass is 10.0. The molecule has 114 valence electrons. The van der Waals surface area contributed by atoms with E-state index in [1.54, 1.807) is 14.2 Å². The highest BCUT2D eigenvalue weighted by Crippen LogP contribution is 2.32. The van der Waals surface area contributed by atoms with Crippen LogP contribution in [0, 0.1) is 5.92 Å².